The lowest BCUT2D eigenvalue weighted by Crippen LogP contribution is -1.99. The number of aromatic nitrogens is 6. The van der Waals surface area contributed by atoms with Crippen LogP contribution in [0.2, 0.25) is 0 Å². The van der Waals surface area contributed by atoms with Crippen molar-refractivity contribution >= 4 is 11.0 Å². The third-order valence-electron chi connectivity index (χ3n) is 4.54. The maximum absolute atomic E-state index is 13.4. The number of hydrogen-bond acceptors (Lipinski definition) is 3. The highest BCUT2D eigenvalue weighted by molar-refractivity contribution is 5.95. The molecular weight excluding hydrogens is 367 g/mol. The molecule has 2 N–H and O–H groups in total. The highest BCUT2D eigenvalue weighted by Crippen LogP contribution is 2.30. The first-order valence-electron chi connectivity index (χ1n) is 9.50. The number of pyridine rings is 1. The molecule has 0 radical (unpaired) electrons. The summed E-state index contributed by atoms with van der Waals surface area (Å²) in [5.74, 6) is -0.241. The highest BCUT2D eigenvalue weighted by atomic mass is 19.1. The topological polar surface area (TPSA) is 75.2 Å². The van der Waals surface area contributed by atoms with E-state index < -0.39 is 0 Å². The molecule has 4 heterocycles. The van der Waals surface area contributed by atoms with Crippen molar-refractivity contribution in [3.05, 3.63) is 78.9 Å². The first kappa shape index (κ1) is 18.6. The number of rotatable bonds is 4. The molecule has 0 spiro atoms. The van der Waals surface area contributed by atoms with E-state index in [-0.39, 0.29) is 7.24 Å². The van der Waals surface area contributed by atoms with Gasteiger partial charge >= 0.3 is 0 Å². The molecule has 0 aliphatic heterocycles. The average Bonchev–Trinajstić information content (AvgIpc) is 3.49. The third kappa shape index (κ3) is 3.80. The summed E-state index contributed by atoms with van der Waals surface area (Å²) in [5, 5.41) is 12.3. The fourth-order valence-electron chi connectivity index (χ4n) is 3.22. The Bertz CT molecular complexity index is 1230. The molecule has 5 aromatic rings. The van der Waals surface area contributed by atoms with Crippen LogP contribution >= 0.6 is 0 Å². The molecule has 0 atom stereocenters. The molecule has 0 bridgehead atoms. The van der Waals surface area contributed by atoms with Crippen LogP contribution in [0.4, 0.5) is 4.39 Å². The number of hydrogen-bond donors (Lipinski definition) is 2. The molecule has 0 unspecified atom stereocenters. The van der Waals surface area contributed by atoms with Crippen molar-refractivity contribution in [2.24, 2.45) is 0 Å². The largest absolute Gasteiger partial charge is 0.346 e. The smallest absolute Gasteiger partial charge is 0.137 e. The van der Waals surface area contributed by atoms with E-state index in [0.29, 0.717) is 6.54 Å². The Hall–Kier alpha value is -3.74. The van der Waals surface area contributed by atoms with E-state index >= 15 is 0 Å². The predicted octanol–water partition coefficient (Wildman–Crippen LogP) is 5.28. The van der Waals surface area contributed by atoms with Gasteiger partial charge in [-0.2, -0.15) is 10.2 Å². The summed E-state index contributed by atoms with van der Waals surface area (Å²) < 4.78 is 15.2. The number of halogens is 1. The maximum atomic E-state index is 13.4. The van der Waals surface area contributed by atoms with Crippen LogP contribution in [0, 0.1) is 5.82 Å². The van der Waals surface area contributed by atoms with Crippen LogP contribution in [-0.4, -0.2) is 29.9 Å². The van der Waals surface area contributed by atoms with Crippen molar-refractivity contribution in [3.8, 4) is 22.3 Å². The van der Waals surface area contributed by atoms with E-state index in [1.165, 1.54) is 12.1 Å². The van der Waals surface area contributed by atoms with Crippen LogP contribution in [0.5, 0.6) is 0 Å². The van der Waals surface area contributed by atoms with Crippen LogP contribution in [0.25, 0.3) is 33.3 Å². The molecule has 0 aliphatic carbocycles. The van der Waals surface area contributed by atoms with Gasteiger partial charge in [-0.1, -0.05) is 26.0 Å². The summed E-state index contributed by atoms with van der Waals surface area (Å²) in [7, 11) is 0. The second-order valence-corrected chi connectivity index (χ2v) is 6.37. The highest BCUT2D eigenvalue weighted by Gasteiger charge is 2.11. The van der Waals surface area contributed by atoms with Crippen molar-refractivity contribution in [3.63, 3.8) is 0 Å². The van der Waals surface area contributed by atoms with Crippen LogP contribution in [0.1, 0.15) is 20.8 Å². The van der Waals surface area contributed by atoms with E-state index in [2.05, 4.69) is 31.3 Å². The quantitative estimate of drug-likeness (QED) is 0.439. The molecule has 6 nitrogen and oxygen atoms in total. The molecule has 29 heavy (non-hydrogen) atoms. The summed E-state index contributed by atoms with van der Waals surface area (Å²) in [6.45, 7) is 4.51. The molecule has 0 aliphatic rings. The average molecular weight is 390 g/mol. The first-order valence-corrected chi connectivity index (χ1v) is 9.50. The molecule has 0 fully saturated rings. The monoisotopic (exact) mass is 390 g/mol. The lowest BCUT2D eigenvalue weighted by molar-refractivity contribution is 0.619. The van der Waals surface area contributed by atoms with Crippen molar-refractivity contribution < 1.29 is 5.82 Å². The second-order valence-electron chi connectivity index (χ2n) is 6.37. The van der Waals surface area contributed by atoms with Gasteiger partial charge < -0.3 is 4.98 Å². The summed E-state index contributed by atoms with van der Waals surface area (Å²) in [6.07, 6.45) is 11.1. The minimum absolute atomic E-state index is 0. The van der Waals surface area contributed by atoms with Gasteiger partial charge in [0, 0.05) is 53.9 Å². The molecule has 0 amide bonds. The summed E-state index contributed by atoms with van der Waals surface area (Å²) in [6, 6.07) is 8.64. The van der Waals surface area contributed by atoms with Gasteiger partial charge in [0.1, 0.15) is 11.5 Å². The van der Waals surface area contributed by atoms with Crippen molar-refractivity contribution in [2.75, 3.05) is 0 Å². The van der Waals surface area contributed by atoms with Gasteiger partial charge in [-0.25, -0.2) is 9.37 Å². The molecule has 5 rings (SSSR count). The fraction of sp³-hybridized carbons (Fsp3) is 0.136. The fourth-order valence-corrected chi connectivity index (χ4v) is 3.22. The Balaban J connectivity index is 0.000000830. The molecule has 148 valence electrons. The second kappa shape index (κ2) is 8.10. The Morgan fingerprint density at radius 3 is 2.72 bits per heavy atom. The number of fused-ring (bicyclic) bond motifs is 1. The SMILES string of the molecule is CC.Fc1cccc(Cn2cc(-c3c[nH]c4ncc(-c5cn[nH]c5)cc34)cn2)c1.[HH]. The summed E-state index contributed by atoms with van der Waals surface area (Å²) >= 11 is 0. The molecular formula is C22H23FN6. The first-order chi connectivity index (χ1) is 14.3. The van der Waals surface area contributed by atoms with E-state index in [0.717, 1.165) is 38.9 Å². The number of H-pyrrole nitrogens is 2. The Morgan fingerprint density at radius 2 is 1.93 bits per heavy atom. The lowest BCUT2D eigenvalue weighted by atomic mass is 10.1. The van der Waals surface area contributed by atoms with Crippen LogP contribution < -0.4 is 0 Å². The molecule has 0 saturated carbocycles. The van der Waals surface area contributed by atoms with Crippen molar-refractivity contribution in [1.29, 1.82) is 0 Å². The van der Waals surface area contributed by atoms with E-state index in [9.17, 15) is 4.39 Å². The number of nitrogens with one attached hydrogen (secondary N) is 2. The normalized spacial score (nSPS) is 10.7. The van der Waals surface area contributed by atoms with Crippen molar-refractivity contribution in [1.82, 2.24) is 29.9 Å². The number of aromatic amines is 2. The van der Waals surface area contributed by atoms with Gasteiger partial charge in [-0.15, -0.1) is 0 Å². The Morgan fingerprint density at radius 1 is 1.03 bits per heavy atom. The third-order valence-corrected chi connectivity index (χ3v) is 4.54. The zero-order valence-electron chi connectivity index (χ0n) is 16.2. The van der Waals surface area contributed by atoms with Gasteiger partial charge in [0.15, 0.2) is 0 Å². The lowest BCUT2D eigenvalue weighted by Gasteiger charge is -2.02. The van der Waals surface area contributed by atoms with Gasteiger partial charge in [0.2, 0.25) is 0 Å². The predicted molar refractivity (Wildman–Crippen MR) is 114 cm³/mol. The Kier molecular flexibility index (Phi) is 5.20. The van der Waals surface area contributed by atoms with Gasteiger partial charge in [-0.05, 0) is 23.8 Å². The standard InChI is InChI=1S/C20H15FN6.C2H6.H2/c21-17-3-1-2-13(4-17)11-27-12-16(9-26-27)19-10-23-20-18(19)5-14(6-22-20)15-7-24-25-8-15;1-2;/h1-10,12H,11H2,(H,22,23)(H,24,25);1-2H3;1H. The van der Waals surface area contributed by atoms with Gasteiger partial charge in [0.25, 0.3) is 0 Å². The zero-order chi connectivity index (χ0) is 20.2. The van der Waals surface area contributed by atoms with Gasteiger partial charge in [0.05, 0.1) is 18.9 Å². The minimum Gasteiger partial charge on any atom is -0.346 e. The summed E-state index contributed by atoms with van der Waals surface area (Å²) in [5.41, 5.74) is 5.65. The molecule has 1 aromatic carbocycles. The summed E-state index contributed by atoms with van der Waals surface area (Å²) in [4.78, 5) is 7.71. The minimum atomic E-state index is -0.241. The van der Waals surface area contributed by atoms with Gasteiger partial charge in [-0.3, -0.25) is 9.78 Å². The van der Waals surface area contributed by atoms with Crippen LogP contribution in [0.3, 0.4) is 0 Å². The number of benzene rings is 1. The zero-order valence-corrected chi connectivity index (χ0v) is 16.2. The number of nitrogens with zero attached hydrogens (tertiary/aromatic N) is 4. The van der Waals surface area contributed by atoms with E-state index in [1.807, 2.05) is 50.9 Å². The van der Waals surface area contributed by atoms with E-state index in [1.54, 1.807) is 16.9 Å². The molecule has 0 saturated heterocycles. The maximum Gasteiger partial charge on any atom is 0.137 e. The molecule has 4 aromatic heterocycles. The van der Waals surface area contributed by atoms with Crippen molar-refractivity contribution in [2.45, 2.75) is 20.4 Å². The van der Waals surface area contributed by atoms with Crippen LogP contribution in [0.15, 0.2) is 67.5 Å². The Labute approximate surface area is 168 Å². The van der Waals surface area contributed by atoms with E-state index in [4.69, 9.17) is 0 Å². The van der Waals surface area contributed by atoms with Crippen LogP contribution in [-0.2, 0) is 6.54 Å². The molecule has 7 heteroatoms.